The Bertz CT molecular complexity index is 303. The molecule has 0 aliphatic heterocycles. The Morgan fingerprint density at radius 1 is 1.64 bits per heavy atom. The number of amides is 1. The van der Waals surface area contributed by atoms with E-state index in [1.165, 1.54) is 13.0 Å². The number of carbonyl (C=O) groups is 1. The normalized spacial score (nSPS) is 13.7. The minimum absolute atomic E-state index is 0.279. The average molecular weight is 202 g/mol. The molecular weight excluding hydrogens is 190 g/mol. The van der Waals surface area contributed by atoms with Crippen molar-refractivity contribution in [2.45, 2.75) is 25.8 Å². The van der Waals surface area contributed by atoms with Crippen LogP contribution < -0.4 is 5.32 Å². The van der Waals surface area contributed by atoms with Crippen molar-refractivity contribution >= 4 is 5.91 Å². The van der Waals surface area contributed by atoms with Crippen molar-refractivity contribution in [2.75, 3.05) is 0 Å². The molecule has 1 rings (SSSR count). The molecule has 1 atom stereocenters. The number of carbonyl (C=O) groups excluding carboxylic acids is 1. The fourth-order valence-corrected chi connectivity index (χ4v) is 0.873. The first-order valence-corrected chi connectivity index (χ1v) is 4.23. The van der Waals surface area contributed by atoms with Crippen molar-refractivity contribution in [1.29, 1.82) is 0 Å². The second kappa shape index (κ2) is 3.77. The molecule has 0 fully saturated rings. The van der Waals surface area contributed by atoms with Gasteiger partial charge in [0.25, 0.3) is 11.8 Å². The summed E-state index contributed by atoms with van der Waals surface area (Å²) >= 11 is 0. The molecule has 0 radical (unpaired) electrons. The third kappa shape index (κ3) is 2.55. The van der Waals surface area contributed by atoms with E-state index in [-0.39, 0.29) is 5.69 Å². The minimum Gasteiger partial charge on any atom is -0.357 e. The van der Waals surface area contributed by atoms with Gasteiger partial charge in [0.2, 0.25) is 0 Å². The van der Waals surface area contributed by atoms with Crippen LogP contribution in [0.25, 0.3) is 0 Å². The Kier molecular flexibility index (Phi) is 2.88. The Morgan fingerprint density at radius 2 is 2.29 bits per heavy atom. The van der Waals surface area contributed by atoms with Crippen molar-refractivity contribution in [2.24, 2.45) is 0 Å². The van der Waals surface area contributed by atoms with Crippen LogP contribution in [-0.4, -0.2) is 22.9 Å². The van der Waals surface area contributed by atoms with E-state index in [1.807, 2.05) is 0 Å². The van der Waals surface area contributed by atoms with E-state index >= 15 is 0 Å². The van der Waals surface area contributed by atoms with Gasteiger partial charge in [0, 0.05) is 13.1 Å². The molecule has 78 valence electrons. The average Bonchev–Trinajstić information content (AvgIpc) is 2.53. The van der Waals surface area contributed by atoms with Gasteiger partial charge in [0.05, 0.1) is 6.04 Å². The Labute approximate surface area is 80.5 Å². The van der Waals surface area contributed by atoms with Crippen molar-refractivity contribution < 1.29 is 13.6 Å². The van der Waals surface area contributed by atoms with Gasteiger partial charge in [-0.05, 0) is 19.1 Å². The van der Waals surface area contributed by atoms with Crippen molar-refractivity contribution in [3.05, 3.63) is 24.0 Å². The number of aromatic nitrogens is 1. The summed E-state index contributed by atoms with van der Waals surface area (Å²) in [4.78, 5) is 13.9. The van der Waals surface area contributed by atoms with Crippen LogP contribution >= 0.6 is 0 Å². The molecule has 2 N–H and O–H groups in total. The summed E-state index contributed by atoms with van der Waals surface area (Å²) in [6.45, 7) is 2.04. The highest BCUT2D eigenvalue weighted by molar-refractivity contribution is 5.92. The maximum absolute atomic E-state index is 12.7. The molecular formula is C9H12F2N2O. The summed E-state index contributed by atoms with van der Waals surface area (Å²) in [5, 5.41) is 2.20. The lowest BCUT2D eigenvalue weighted by Crippen LogP contribution is -2.43. The van der Waals surface area contributed by atoms with Crippen molar-refractivity contribution in [1.82, 2.24) is 10.3 Å². The van der Waals surface area contributed by atoms with Crippen LogP contribution in [0.4, 0.5) is 8.78 Å². The molecule has 0 aromatic carbocycles. The van der Waals surface area contributed by atoms with Gasteiger partial charge in [-0.15, -0.1) is 0 Å². The predicted octanol–water partition coefficient (Wildman–Crippen LogP) is 1.79. The topological polar surface area (TPSA) is 44.9 Å². The third-order valence-electron chi connectivity index (χ3n) is 1.95. The van der Waals surface area contributed by atoms with E-state index in [1.54, 1.807) is 12.3 Å². The van der Waals surface area contributed by atoms with Crippen LogP contribution in [0.15, 0.2) is 18.3 Å². The fraction of sp³-hybridized carbons (Fsp3) is 0.444. The van der Waals surface area contributed by atoms with Crippen LogP contribution in [0.1, 0.15) is 24.3 Å². The molecule has 0 spiro atoms. The molecule has 1 aromatic rings. The summed E-state index contributed by atoms with van der Waals surface area (Å²) in [5.74, 6) is -3.44. The van der Waals surface area contributed by atoms with Gasteiger partial charge in [0.1, 0.15) is 5.69 Å². The minimum atomic E-state index is -2.91. The Hall–Kier alpha value is -1.39. The van der Waals surface area contributed by atoms with Crippen LogP contribution in [0.3, 0.4) is 0 Å². The number of halogens is 2. The largest absolute Gasteiger partial charge is 0.357 e. The smallest absolute Gasteiger partial charge is 0.268 e. The number of alkyl halides is 2. The first kappa shape index (κ1) is 10.7. The fourth-order valence-electron chi connectivity index (χ4n) is 0.873. The van der Waals surface area contributed by atoms with Crippen LogP contribution in [-0.2, 0) is 0 Å². The molecule has 3 nitrogen and oxygen atoms in total. The highest BCUT2D eigenvalue weighted by Gasteiger charge is 2.31. The molecule has 1 aromatic heterocycles. The van der Waals surface area contributed by atoms with E-state index in [9.17, 15) is 13.6 Å². The summed E-state index contributed by atoms with van der Waals surface area (Å²) in [5.41, 5.74) is 0.279. The maximum atomic E-state index is 12.7. The number of H-pyrrole nitrogens is 1. The number of aromatic amines is 1. The van der Waals surface area contributed by atoms with Crippen LogP contribution in [0.2, 0.25) is 0 Å². The summed E-state index contributed by atoms with van der Waals surface area (Å²) in [6.07, 6.45) is 1.56. The first-order valence-electron chi connectivity index (χ1n) is 4.23. The van der Waals surface area contributed by atoms with E-state index in [0.717, 1.165) is 6.92 Å². The lowest BCUT2D eigenvalue weighted by molar-refractivity contribution is -0.0108. The third-order valence-corrected chi connectivity index (χ3v) is 1.95. The molecule has 1 heterocycles. The van der Waals surface area contributed by atoms with Crippen LogP contribution in [0, 0.1) is 0 Å². The van der Waals surface area contributed by atoms with Crippen LogP contribution in [0.5, 0.6) is 0 Å². The number of hydrogen-bond acceptors (Lipinski definition) is 1. The van der Waals surface area contributed by atoms with Gasteiger partial charge in [-0.25, -0.2) is 8.78 Å². The van der Waals surface area contributed by atoms with Gasteiger partial charge < -0.3 is 10.3 Å². The number of nitrogens with one attached hydrogen (secondary N) is 2. The van der Waals surface area contributed by atoms with Gasteiger partial charge in [0.15, 0.2) is 0 Å². The van der Waals surface area contributed by atoms with Gasteiger partial charge in [-0.2, -0.15) is 0 Å². The molecule has 0 saturated heterocycles. The molecule has 5 heteroatoms. The Balaban J connectivity index is 2.58. The van der Waals surface area contributed by atoms with Gasteiger partial charge in [-0.3, -0.25) is 4.79 Å². The molecule has 0 saturated carbocycles. The van der Waals surface area contributed by atoms with Crippen molar-refractivity contribution in [3.8, 4) is 0 Å². The first-order chi connectivity index (χ1) is 6.41. The SMILES string of the molecule is CC(NC(=O)c1ccc[nH]1)C(C)(F)F. The maximum Gasteiger partial charge on any atom is 0.268 e. The second-order valence-electron chi connectivity index (χ2n) is 3.24. The molecule has 1 unspecified atom stereocenters. The molecule has 1 amide bonds. The Morgan fingerprint density at radius 3 is 2.71 bits per heavy atom. The quantitative estimate of drug-likeness (QED) is 0.771. The zero-order valence-electron chi connectivity index (χ0n) is 7.97. The van der Waals surface area contributed by atoms with Gasteiger partial charge >= 0.3 is 0 Å². The number of hydrogen-bond donors (Lipinski definition) is 2. The molecule has 0 bridgehead atoms. The monoisotopic (exact) mass is 202 g/mol. The number of rotatable bonds is 3. The van der Waals surface area contributed by atoms with Crippen molar-refractivity contribution in [3.63, 3.8) is 0 Å². The zero-order chi connectivity index (χ0) is 10.8. The lowest BCUT2D eigenvalue weighted by Gasteiger charge is -2.20. The predicted molar refractivity (Wildman–Crippen MR) is 48.3 cm³/mol. The molecule has 0 aliphatic carbocycles. The van der Waals surface area contributed by atoms with E-state index in [4.69, 9.17) is 0 Å². The standard InChI is InChI=1S/C9H12F2N2O/c1-6(9(2,10)11)13-8(14)7-4-3-5-12-7/h3-6,12H,1-2H3,(H,13,14). The highest BCUT2D eigenvalue weighted by atomic mass is 19.3. The molecule has 14 heavy (non-hydrogen) atoms. The summed E-state index contributed by atoms with van der Waals surface area (Å²) in [6, 6.07) is 1.97. The van der Waals surface area contributed by atoms with E-state index < -0.39 is 17.9 Å². The lowest BCUT2D eigenvalue weighted by atomic mass is 10.2. The van der Waals surface area contributed by atoms with Gasteiger partial charge in [-0.1, -0.05) is 0 Å². The summed E-state index contributed by atoms with van der Waals surface area (Å²) in [7, 11) is 0. The summed E-state index contributed by atoms with van der Waals surface area (Å²) < 4.78 is 25.4. The second-order valence-corrected chi connectivity index (χ2v) is 3.24. The molecule has 0 aliphatic rings. The highest BCUT2D eigenvalue weighted by Crippen LogP contribution is 2.16. The van der Waals surface area contributed by atoms with E-state index in [2.05, 4.69) is 10.3 Å². The van der Waals surface area contributed by atoms with E-state index in [0.29, 0.717) is 0 Å². The zero-order valence-corrected chi connectivity index (χ0v) is 7.97.